The standard InChI is InChI=1S/C6H9/c1-3-5-6-4-2/h3,5-6H,1-2,4H2/b6-5-. The van der Waals surface area contributed by atoms with Crippen LogP contribution in [0.15, 0.2) is 24.8 Å². The third kappa shape index (κ3) is 3.48. The Bertz CT molecular complexity index is 51.1. The minimum Gasteiger partial charge on any atom is -0.0991 e. The first-order valence-electron chi connectivity index (χ1n) is 1.98. The van der Waals surface area contributed by atoms with Gasteiger partial charge in [0.05, 0.1) is 0 Å². The number of hydrogen-bond donors (Lipinski definition) is 0. The molecule has 0 aromatic rings. The summed E-state index contributed by atoms with van der Waals surface area (Å²) in [7, 11) is 0. The Labute approximate surface area is 39.2 Å². The Morgan fingerprint density at radius 3 is 2.33 bits per heavy atom. The van der Waals surface area contributed by atoms with E-state index in [-0.39, 0.29) is 0 Å². The molecule has 0 aliphatic rings. The normalized spacial score (nSPS) is 9.50. The second-order valence-electron chi connectivity index (χ2n) is 0.953. The quantitative estimate of drug-likeness (QED) is 0.446. The maximum atomic E-state index is 3.59. The van der Waals surface area contributed by atoms with Gasteiger partial charge >= 0.3 is 0 Å². The van der Waals surface area contributed by atoms with E-state index in [1.165, 1.54) is 0 Å². The zero-order valence-electron chi connectivity index (χ0n) is 3.85. The molecule has 0 amide bonds. The van der Waals surface area contributed by atoms with Crippen molar-refractivity contribution < 1.29 is 0 Å². The molecule has 0 unspecified atom stereocenters. The molecule has 0 spiro atoms. The predicted octanol–water partition coefficient (Wildman–Crippen LogP) is 1.95. The van der Waals surface area contributed by atoms with Gasteiger partial charge in [-0.3, -0.25) is 0 Å². The number of hydrogen-bond acceptors (Lipinski definition) is 0. The lowest BCUT2D eigenvalue weighted by molar-refractivity contribution is 1.40. The maximum absolute atomic E-state index is 3.59. The fourth-order valence-corrected chi connectivity index (χ4v) is 0.192. The predicted molar refractivity (Wildman–Crippen MR) is 29.3 cm³/mol. The van der Waals surface area contributed by atoms with Gasteiger partial charge in [-0.05, 0) is 13.3 Å². The zero-order chi connectivity index (χ0) is 4.83. The van der Waals surface area contributed by atoms with Crippen molar-refractivity contribution in [2.24, 2.45) is 0 Å². The fourth-order valence-electron chi connectivity index (χ4n) is 0.192. The average Bonchev–Trinajstić information content (AvgIpc) is 1.61. The van der Waals surface area contributed by atoms with Crippen LogP contribution in [-0.2, 0) is 0 Å². The Balaban J connectivity index is 2.94. The Hall–Kier alpha value is -0.520. The van der Waals surface area contributed by atoms with Crippen LogP contribution in [0.2, 0.25) is 0 Å². The SMILES string of the molecule is [CH2]C/C=C\C=C. The molecule has 0 aliphatic heterocycles. The molecular formula is C6H9. The van der Waals surface area contributed by atoms with Crippen LogP contribution >= 0.6 is 0 Å². The van der Waals surface area contributed by atoms with Crippen LogP contribution in [0.3, 0.4) is 0 Å². The van der Waals surface area contributed by atoms with E-state index >= 15 is 0 Å². The van der Waals surface area contributed by atoms with E-state index in [1.807, 2.05) is 12.2 Å². The molecule has 0 rings (SSSR count). The van der Waals surface area contributed by atoms with Gasteiger partial charge < -0.3 is 0 Å². The Kier molecular flexibility index (Phi) is 4.09. The van der Waals surface area contributed by atoms with Gasteiger partial charge in [-0.25, -0.2) is 0 Å². The molecule has 0 heteroatoms. The molecule has 0 nitrogen and oxygen atoms in total. The molecule has 6 heavy (non-hydrogen) atoms. The van der Waals surface area contributed by atoms with Gasteiger partial charge in [-0.15, -0.1) is 0 Å². The Morgan fingerprint density at radius 1 is 1.50 bits per heavy atom. The molecule has 0 bridgehead atoms. The fraction of sp³-hybridized carbons (Fsp3) is 0.167. The van der Waals surface area contributed by atoms with Crippen molar-refractivity contribution in [3.8, 4) is 0 Å². The van der Waals surface area contributed by atoms with Crippen LogP contribution in [-0.4, -0.2) is 0 Å². The lowest BCUT2D eigenvalue weighted by atomic mass is 10.4. The molecule has 0 saturated heterocycles. The van der Waals surface area contributed by atoms with Gasteiger partial charge in [0.25, 0.3) is 0 Å². The van der Waals surface area contributed by atoms with E-state index in [4.69, 9.17) is 0 Å². The van der Waals surface area contributed by atoms with Crippen LogP contribution in [0.5, 0.6) is 0 Å². The molecule has 33 valence electrons. The van der Waals surface area contributed by atoms with Crippen LogP contribution in [0.1, 0.15) is 6.42 Å². The van der Waals surface area contributed by atoms with E-state index in [9.17, 15) is 0 Å². The van der Waals surface area contributed by atoms with Crippen LogP contribution in [0.4, 0.5) is 0 Å². The van der Waals surface area contributed by atoms with Gasteiger partial charge in [-0.2, -0.15) is 0 Å². The van der Waals surface area contributed by atoms with Crippen molar-refractivity contribution in [3.05, 3.63) is 31.7 Å². The molecule has 0 heterocycles. The summed E-state index contributed by atoms with van der Waals surface area (Å²) in [6, 6.07) is 0. The van der Waals surface area contributed by atoms with E-state index in [1.54, 1.807) is 6.08 Å². The second kappa shape index (κ2) is 4.48. The first-order valence-corrected chi connectivity index (χ1v) is 1.98. The highest BCUT2D eigenvalue weighted by molar-refractivity contribution is 4.97. The van der Waals surface area contributed by atoms with Crippen molar-refractivity contribution >= 4 is 0 Å². The largest absolute Gasteiger partial charge is 0.0991 e. The van der Waals surface area contributed by atoms with E-state index in [0.29, 0.717) is 0 Å². The third-order valence-corrected chi connectivity index (χ3v) is 0.439. The van der Waals surface area contributed by atoms with Crippen LogP contribution < -0.4 is 0 Å². The monoisotopic (exact) mass is 81.1 g/mol. The molecule has 0 fully saturated rings. The first-order chi connectivity index (χ1) is 2.91. The van der Waals surface area contributed by atoms with Gasteiger partial charge in [0.1, 0.15) is 0 Å². The van der Waals surface area contributed by atoms with Crippen molar-refractivity contribution in [1.29, 1.82) is 0 Å². The van der Waals surface area contributed by atoms with Gasteiger partial charge in [0.2, 0.25) is 0 Å². The molecule has 0 aromatic heterocycles. The van der Waals surface area contributed by atoms with Gasteiger partial charge in [0.15, 0.2) is 0 Å². The molecular weight excluding hydrogens is 72.1 g/mol. The molecule has 0 aliphatic carbocycles. The molecule has 0 atom stereocenters. The maximum Gasteiger partial charge on any atom is -0.0348 e. The van der Waals surface area contributed by atoms with E-state index < -0.39 is 0 Å². The minimum absolute atomic E-state index is 0.853. The number of rotatable bonds is 2. The third-order valence-electron chi connectivity index (χ3n) is 0.439. The first kappa shape index (κ1) is 5.48. The topological polar surface area (TPSA) is 0 Å². The molecule has 0 aromatic carbocycles. The summed E-state index contributed by atoms with van der Waals surface area (Å²) in [5, 5.41) is 0. The summed E-state index contributed by atoms with van der Waals surface area (Å²) in [6.45, 7) is 7.07. The van der Waals surface area contributed by atoms with Crippen molar-refractivity contribution in [1.82, 2.24) is 0 Å². The smallest absolute Gasteiger partial charge is 0.0348 e. The Morgan fingerprint density at radius 2 is 2.17 bits per heavy atom. The lowest BCUT2D eigenvalue weighted by Crippen LogP contribution is -1.46. The summed E-state index contributed by atoms with van der Waals surface area (Å²) >= 11 is 0. The van der Waals surface area contributed by atoms with E-state index in [2.05, 4.69) is 13.5 Å². The number of allylic oxidation sites excluding steroid dienone is 3. The van der Waals surface area contributed by atoms with Crippen LogP contribution in [0.25, 0.3) is 0 Å². The van der Waals surface area contributed by atoms with E-state index in [0.717, 1.165) is 6.42 Å². The summed E-state index contributed by atoms with van der Waals surface area (Å²) in [4.78, 5) is 0. The summed E-state index contributed by atoms with van der Waals surface area (Å²) in [6.07, 6.45) is 6.43. The molecule has 1 radical (unpaired) electrons. The molecule has 0 N–H and O–H groups in total. The highest BCUT2D eigenvalue weighted by atomic mass is 13.6. The molecule has 0 saturated carbocycles. The summed E-state index contributed by atoms with van der Waals surface area (Å²) in [5.74, 6) is 0. The summed E-state index contributed by atoms with van der Waals surface area (Å²) in [5.41, 5.74) is 0. The van der Waals surface area contributed by atoms with Crippen molar-refractivity contribution in [2.45, 2.75) is 6.42 Å². The highest BCUT2D eigenvalue weighted by Crippen LogP contribution is 1.76. The van der Waals surface area contributed by atoms with Crippen molar-refractivity contribution in [3.63, 3.8) is 0 Å². The van der Waals surface area contributed by atoms with Gasteiger partial charge in [0, 0.05) is 0 Å². The lowest BCUT2D eigenvalue weighted by Gasteiger charge is -1.67. The highest BCUT2D eigenvalue weighted by Gasteiger charge is 1.55. The van der Waals surface area contributed by atoms with Gasteiger partial charge in [-0.1, -0.05) is 24.8 Å². The second-order valence-corrected chi connectivity index (χ2v) is 0.953. The zero-order valence-corrected chi connectivity index (χ0v) is 3.85. The van der Waals surface area contributed by atoms with Crippen molar-refractivity contribution in [2.75, 3.05) is 0 Å². The summed E-state index contributed by atoms with van der Waals surface area (Å²) < 4.78 is 0. The van der Waals surface area contributed by atoms with Crippen LogP contribution in [0, 0.1) is 6.92 Å². The minimum atomic E-state index is 0.853. The average molecular weight is 81.1 g/mol.